The summed E-state index contributed by atoms with van der Waals surface area (Å²) in [6, 6.07) is 14.5. The van der Waals surface area contributed by atoms with Gasteiger partial charge in [0.1, 0.15) is 6.61 Å². The molecule has 8 heteroatoms. The number of hydrogen-bond donors (Lipinski definition) is 3. The number of halogens is 1. The summed E-state index contributed by atoms with van der Waals surface area (Å²) in [6.07, 6.45) is 0. The highest BCUT2D eigenvalue weighted by Crippen LogP contribution is 2.19. The Balaban J connectivity index is 1.77. The van der Waals surface area contributed by atoms with Crippen LogP contribution in [0.5, 0.6) is 5.75 Å². The maximum Gasteiger partial charge on any atom is 0.341 e. The van der Waals surface area contributed by atoms with Crippen LogP contribution in [0.3, 0.4) is 0 Å². The lowest BCUT2D eigenvalue weighted by molar-refractivity contribution is 0.0910. The van der Waals surface area contributed by atoms with E-state index in [4.69, 9.17) is 4.74 Å². The number of nitrogens with one attached hydrogen (secondary N) is 3. The third kappa shape index (κ3) is 4.11. The molecule has 0 radical (unpaired) electrons. The van der Waals surface area contributed by atoms with Gasteiger partial charge < -0.3 is 10.1 Å². The molecule has 3 rings (SSSR count). The molecule has 2 aromatic carbocycles. The fourth-order valence-corrected chi connectivity index (χ4v) is 2.25. The number of carbonyl (C=O) groups is 1. The zero-order valence-corrected chi connectivity index (χ0v) is 13.0. The van der Waals surface area contributed by atoms with Crippen LogP contribution in [0.15, 0.2) is 59.4 Å². The van der Waals surface area contributed by atoms with Gasteiger partial charge in [-0.05, 0) is 17.7 Å². The van der Waals surface area contributed by atoms with Crippen molar-refractivity contribution in [2.75, 3.05) is 6.61 Å². The highest BCUT2D eigenvalue weighted by Gasteiger charge is 2.19. The molecule has 0 aliphatic rings. The van der Waals surface area contributed by atoms with Crippen LogP contribution in [-0.2, 0) is 0 Å². The number of aromatic nitrogens is 3. The third-order valence-corrected chi connectivity index (χ3v) is 3.47. The second-order valence-corrected chi connectivity index (χ2v) is 5.20. The van der Waals surface area contributed by atoms with Crippen LogP contribution in [0, 0.1) is 5.82 Å². The molecule has 25 heavy (non-hydrogen) atoms. The van der Waals surface area contributed by atoms with Gasteiger partial charge in [-0.1, -0.05) is 42.5 Å². The van der Waals surface area contributed by atoms with Crippen molar-refractivity contribution in [1.29, 1.82) is 0 Å². The second kappa shape index (κ2) is 7.43. The van der Waals surface area contributed by atoms with Crippen LogP contribution < -0.4 is 15.7 Å². The number of benzene rings is 2. The largest absolute Gasteiger partial charge is 0.488 e. The van der Waals surface area contributed by atoms with Crippen LogP contribution in [0.4, 0.5) is 4.39 Å². The fraction of sp³-hybridized carbons (Fsp3) is 0.118. The molecule has 1 aromatic heterocycles. The van der Waals surface area contributed by atoms with Gasteiger partial charge >= 0.3 is 5.69 Å². The summed E-state index contributed by atoms with van der Waals surface area (Å²) >= 11 is 0. The summed E-state index contributed by atoms with van der Waals surface area (Å²) in [4.78, 5) is 25.6. The van der Waals surface area contributed by atoms with Crippen LogP contribution >= 0.6 is 0 Å². The molecule has 3 N–H and O–H groups in total. The van der Waals surface area contributed by atoms with Crippen LogP contribution in [0.2, 0.25) is 0 Å². The first-order valence-electron chi connectivity index (χ1n) is 7.51. The van der Waals surface area contributed by atoms with E-state index in [-0.39, 0.29) is 18.2 Å². The van der Waals surface area contributed by atoms with Gasteiger partial charge in [0, 0.05) is 0 Å². The molecule has 0 aliphatic heterocycles. The average Bonchev–Trinajstić information content (AvgIpc) is 3.07. The van der Waals surface area contributed by atoms with Crippen LogP contribution in [0.1, 0.15) is 22.2 Å². The molecular weight excluding hydrogens is 327 g/mol. The number of nitrogens with zero attached hydrogens (tertiary/aromatic N) is 1. The Morgan fingerprint density at radius 3 is 2.56 bits per heavy atom. The number of para-hydroxylation sites is 1. The number of rotatable bonds is 6. The van der Waals surface area contributed by atoms with E-state index < -0.39 is 23.5 Å². The Morgan fingerprint density at radius 1 is 1.16 bits per heavy atom. The summed E-state index contributed by atoms with van der Waals surface area (Å²) in [5.41, 5.74) is 0.189. The molecule has 7 nitrogen and oxygen atoms in total. The minimum Gasteiger partial charge on any atom is -0.488 e. The molecule has 0 bridgehead atoms. The number of amides is 1. The van der Waals surface area contributed by atoms with E-state index in [1.165, 1.54) is 12.1 Å². The predicted octanol–water partition coefficient (Wildman–Crippen LogP) is 1.79. The first-order chi connectivity index (χ1) is 12.1. The van der Waals surface area contributed by atoms with Gasteiger partial charge in [-0.15, -0.1) is 5.10 Å². The van der Waals surface area contributed by atoms with Crippen molar-refractivity contribution in [3.05, 3.63) is 82.3 Å². The summed E-state index contributed by atoms with van der Waals surface area (Å²) in [7, 11) is 0. The molecule has 0 saturated carbocycles. The molecule has 1 heterocycles. The smallest absolute Gasteiger partial charge is 0.341 e. The maximum atomic E-state index is 13.7. The third-order valence-electron chi connectivity index (χ3n) is 3.47. The van der Waals surface area contributed by atoms with Crippen molar-refractivity contribution in [2.45, 2.75) is 6.04 Å². The standard InChI is InChI=1S/C17H15FN4O3/c18-12-8-4-5-9-14(12)25-10-13(11-6-2-1-3-7-11)19-16(23)15-20-17(24)22-21-15/h1-9,13H,10H2,(H,19,23)(H2,20,21,22,24)/t13-/m1/s1. The van der Waals surface area contributed by atoms with Gasteiger partial charge in [-0.25, -0.2) is 14.3 Å². The second-order valence-electron chi connectivity index (χ2n) is 5.20. The first-order valence-corrected chi connectivity index (χ1v) is 7.51. The minimum absolute atomic E-state index is 0.00530. The Kier molecular flexibility index (Phi) is 4.89. The van der Waals surface area contributed by atoms with Gasteiger partial charge in [-0.2, -0.15) is 0 Å². The van der Waals surface area contributed by atoms with E-state index in [9.17, 15) is 14.0 Å². The Morgan fingerprint density at radius 2 is 1.88 bits per heavy atom. The molecular formula is C17H15FN4O3. The summed E-state index contributed by atoms with van der Waals surface area (Å²) in [5.74, 6) is -1.12. The Bertz CT molecular complexity index is 907. The highest BCUT2D eigenvalue weighted by molar-refractivity contribution is 5.90. The normalized spacial score (nSPS) is 11.7. The molecule has 128 valence electrons. The van der Waals surface area contributed by atoms with Crippen LogP contribution in [-0.4, -0.2) is 27.7 Å². The monoisotopic (exact) mass is 342 g/mol. The topological polar surface area (TPSA) is 99.9 Å². The van der Waals surface area contributed by atoms with E-state index in [0.717, 1.165) is 5.56 Å². The number of H-pyrrole nitrogens is 2. The molecule has 0 spiro atoms. The molecule has 0 unspecified atom stereocenters. The maximum absolute atomic E-state index is 13.7. The molecule has 3 aromatic rings. The van der Waals surface area contributed by atoms with E-state index in [0.29, 0.717) is 0 Å². The van der Waals surface area contributed by atoms with Gasteiger partial charge in [-0.3, -0.25) is 9.78 Å². The van der Waals surface area contributed by atoms with Crippen molar-refractivity contribution < 1.29 is 13.9 Å². The van der Waals surface area contributed by atoms with Crippen molar-refractivity contribution in [2.24, 2.45) is 0 Å². The van der Waals surface area contributed by atoms with Crippen molar-refractivity contribution in [3.8, 4) is 5.75 Å². The first kappa shape index (κ1) is 16.4. The quantitative estimate of drug-likeness (QED) is 0.636. The fourth-order valence-electron chi connectivity index (χ4n) is 2.25. The number of ether oxygens (including phenoxy) is 1. The molecule has 0 saturated heterocycles. The Hall–Kier alpha value is -3.42. The Labute approximate surface area is 141 Å². The van der Waals surface area contributed by atoms with Crippen LogP contribution in [0.25, 0.3) is 0 Å². The molecule has 0 fully saturated rings. The molecule has 1 amide bonds. The van der Waals surface area contributed by atoms with E-state index >= 15 is 0 Å². The predicted molar refractivity (Wildman–Crippen MR) is 87.8 cm³/mol. The number of hydrogen-bond acceptors (Lipinski definition) is 4. The van der Waals surface area contributed by atoms with Crippen molar-refractivity contribution in [1.82, 2.24) is 20.5 Å². The summed E-state index contributed by atoms with van der Waals surface area (Å²) < 4.78 is 19.2. The van der Waals surface area contributed by atoms with Gasteiger partial charge in [0.25, 0.3) is 5.91 Å². The lowest BCUT2D eigenvalue weighted by Crippen LogP contribution is -2.33. The van der Waals surface area contributed by atoms with E-state index in [1.54, 1.807) is 12.1 Å². The molecule has 0 aliphatic carbocycles. The van der Waals surface area contributed by atoms with E-state index in [2.05, 4.69) is 20.5 Å². The summed E-state index contributed by atoms with van der Waals surface area (Å²) in [6.45, 7) is 0.00530. The zero-order valence-electron chi connectivity index (χ0n) is 13.0. The number of aromatic amines is 2. The van der Waals surface area contributed by atoms with Gasteiger partial charge in [0.05, 0.1) is 6.04 Å². The zero-order chi connectivity index (χ0) is 17.6. The summed E-state index contributed by atoms with van der Waals surface area (Å²) in [5, 5.41) is 8.43. The lowest BCUT2D eigenvalue weighted by Gasteiger charge is -2.19. The van der Waals surface area contributed by atoms with Gasteiger partial charge in [0.15, 0.2) is 11.6 Å². The lowest BCUT2D eigenvalue weighted by atomic mass is 10.1. The van der Waals surface area contributed by atoms with Gasteiger partial charge in [0.2, 0.25) is 5.82 Å². The van der Waals surface area contributed by atoms with E-state index in [1.807, 2.05) is 30.3 Å². The van der Waals surface area contributed by atoms with Crippen molar-refractivity contribution >= 4 is 5.91 Å². The van der Waals surface area contributed by atoms with Crippen molar-refractivity contribution in [3.63, 3.8) is 0 Å². The SMILES string of the molecule is O=C(N[C@H](COc1ccccc1F)c1ccccc1)c1n[nH]c(=O)[nH]1. The average molecular weight is 342 g/mol. The molecule has 1 atom stereocenters. The highest BCUT2D eigenvalue weighted by atomic mass is 19.1. The number of carbonyl (C=O) groups excluding carboxylic acids is 1. The minimum atomic E-state index is -0.580.